The molecule has 0 atom stereocenters. The van der Waals surface area contributed by atoms with Crippen LogP contribution in [0.2, 0.25) is 0 Å². The lowest BCUT2D eigenvalue weighted by Crippen LogP contribution is -2.13. The number of hydrogen-bond acceptors (Lipinski definition) is 3. The lowest BCUT2D eigenvalue weighted by Gasteiger charge is -2.21. The summed E-state index contributed by atoms with van der Waals surface area (Å²) in [7, 11) is 1.21. The number of pyridine rings is 1. The fraction of sp³-hybridized carbons (Fsp3) is 0.161. The second-order valence-electron chi connectivity index (χ2n) is 9.13. The van der Waals surface area contributed by atoms with Crippen LogP contribution in [-0.2, 0) is 10.9 Å². The Morgan fingerprint density at radius 3 is 2.00 bits per heavy atom. The van der Waals surface area contributed by atoms with Crippen LogP contribution in [0, 0.1) is 11.6 Å². The van der Waals surface area contributed by atoms with Crippen molar-refractivity contribution in [2.45, 2.75) is 25.9 Å². The number of esters is 1. The SMILES string of the molecule is COC(=O)c1c(-c2ccc(F)cc2)nc(C(C)C)c(/C=C/c2cccc(C(F)(F)F)c2)c1-c1ccc(F)cc1. The number of benzene rings is 3. The van der Waals surface area contributed by atoms with Crippen molar-refractivity contribution in [1.82, 2.24) is 4.98 Å². The number of ether oxygens (including phenoxy) is 1. The summed E-state index contributed by atoms with van der Waals surface area (Å²) >= 11 is 0. The summed E-state index contributed by atoms with van der Waals surface area (Å²) in [4.78, 5) is 18.0. The summed E-state index contributed by atoms with van der Waals surface area (Å²) in [6.07, 6.45) is -1.41. The van der Waals surface area contributed by atoms with Gasteiger partial charge in [-0.2, -0.15) is 13.2 Å². The summed E-state index contributed by atoms with van der Waals surface area (Å²) in [5.41, 5.74) is 2.06. The third kappa shape index (κ3) is 6.06. The fourth-order valence-electron chi connectivity index (χ4n) is 4.26. The van der Waals surface area contributed by atoms with Gasteiger partial charge in [0.25, 0.3) is 0 Å². The van der Waals surface area contributed by atoms with Gasteiger partial charge in [-0.1, -0.05) is 50.3 Å². The van der Waals surface area contributed by atoms with Crippen LogP contribution in [0.4, 0.5) is 22.0 Å². The maximum Gasteiger partial charge on any atom is 0.416 e. The zero-order chi connectivity index (χ0) is 28.3. The van der Waals surface area contributed by atoms with E-state index in [0.29, 0.717) is 27.9 Å². The number of hydrogen-bond donors (Lipinski definition) is 0. The smallest absolute Gasteiger partial charge is 0.416 e. The van der Waals surface area contributed by atoms with E-state index in [2.05, 4.69) is 0 Å². The molecule has 3 aromatic carbocycles. The van der Waals surface area contributed by atoms with E-state index in [9.17, 15) is 26.7 Å². The Morgan fingerprint density at radius 1 is 0.872 bits per heavy atom. The molecule has 39 heavy (non-hydrogen) atoms. The highest BCUT2D eigenvalue weighted by molar-refractivity contribution is 6.05. The maximum atomic E-state index is 13.9. The number of aromatic nitrogens is 1. The standard InChI is InChI=1S/C31H24F5NO2/c1-18(2)28-25(16-7-19-5-4-6-22(17-19)31(34,35)36)26(20-8-12-23(32)13-9-20)27(30(38)39-3)29(37-28)21-10-14-24(33)15-11-21/h4-18H,1-3H3/b16-7+. The Bertz CT molecular complexity index is 1520. The first-order valence-corrected chi connectivity index (χ1v) is 12.0. The van der Waals surface area contributed by atoms with Crippen molar-refractivity contribution in [3.63, 3.8) is 0 Å². The average molecular weight is 538 g/mol. The van der Waals surface area contributed by atoms with E-state index in [-0.39, 0.29) is 22.7 Å². The quantitative estimate of drug-likeness (QED) is 0.182. The van der Waals surface area contributed by atoms with Crippen molar-refractivity contribution in [3.8, 4) is 22.4 Å². The molecule has 0 saturated heterocycles. The van der Waals surface area contributed by atoms with Crippen molar-refractivity contribution in [1.29, 1.82) is 0 Å². The van der Waals surface area contributed by atoms with E-state index in [0.717, 1.165) is 12.1 Å². The Kier molecular flexibility index (Phi) is 7.95. The Hall–Kier alpha value is -4.33. The highest BCUT2D eigenvalue weighted by atomic mass is 19.4. The molecule has 3 nitrogen and oxygen atoms in total. The average Bonchev–Trinajstić information content (AvgIpc) is 2.91. The van der Waals surface area contributed by atoms with Crippen molar-refractivity contribution < 1.29 is 31.5 Å². The summed E-state index contributed by atoms with van der Waals surface area (Å²) in [6, 6.07) is 15.8. The summed E-state index contributed by atoms with van der Waals surface area (Å²) in [5, 5.41) is 0. The Morgan fingerprint density at radius 2 is 1.46 bits per heavy atom. The van der Waals surface area contributed by atoms with E-state index in [1.165, 1.54) is 73.8 Å². The number of methoxy groups -OCH3 is 1. The fourth-order valence-corrected chi connectivity index (χ4v) is 4.26. The van der Waals surface area contributed by atoms with Crippen LogP contribution in [0.25, 0.3) is 34.5 Å². The van der Waals surface area contributed by atoms with E-state index in [1.807, 2.05) is 13.8 Å². The van der Waals surface area contributed by atoms with Gasteiger partial charge in [-0.05, 0) is 65.6 Å². The molecule has 4 aromatic rings. The van der Waals surface area contributed by atoms with E-state index in [1.54, 1.807) is 6.08 Å². The van der Waals surface area contributed by atoms with Gasteiger partial charge in [0.15, 0.2) is 0 Å². The van der Waals surface area contributed by atoms with Crippen LogP contribution in [0.5, 0.6) is 0 Å². The molecule has 0 N–H and O–H groups in total. The van der Waals surface area contributed by atoms with Gasteiger partial charge in [-0.25, -0.2) is 13.6 Å². The molecule has 0 spiro atoms. The number of nitrogens with zero attached hydrogens (tertiary/aromatic N) is 1. The minimum atomic E-state index is -4.51. The van der Waals surface area contributed by atoms with Crippen LogP contribution < -0.4 is 0 Å². The van der Waals surface area contributed by atoms with Crippen molar-refractivity contribution in [2.75, 3.05) is 7.11 Å². The van der Waals surface area contributed by atoms with Gasteiger partial charge in [-0.3, -0.25) is 4.98 Å². The zero-order valence-electron chi connectivity index (χ0n) is 21.3. The van der Waals surface area contributed by atoms with Crippen LogP contribution >= 0.6 is 0 Å². The molecule has 0 amide bonds. The molecule has 1 aromatic heterocycles. The van der Waals surface area contributed by atoms with E-state index >= 15 is 0 Å². The molecular weight excluding hydrogens is 513 g/mol. The molecular formula is C31H24F5NO2. The summed E-state index contributed by atoms with van der Waals surface area (Å²) in [5.74, 6) is -1.89. The van der Waals surface area contributed by atoms with Crippen molar-refractivity contribution in [3.05, 3.63) is 112 Å². The third-order valence-electron chi connectivity index (χ3n) is 6.11. The van der Waals surface area contributed by atoms with Crippen LogP contribution in [0.15, 0.2) is 72.8 Å². The van der Waals surface area contributed by atoms with Crippen molar-refractivity contribution >= 4 is 18.1 Å². The monoisotopic (exact) mass is 537 g/mol. The minimum absolute atomic E-state index is 0.0591. The van der Waals surface area contributed by atoms with Crippen LogP contribution in [-0.4, -0.2) is 18.1 Å². The molecule has 200 valence electrons. The molecule has 8 heteroatoms. The van der Waals surface area contributed by atoms with Gasteiger partial charge < -0.3 is 4.74 Å². The molecule has 4 rings (SSSR count). The van der Waals surface area contributed by atoms with E-state index in [4.69, 9.17) is 9.72 Å². The molecule has 0 bridgehead atoms. The molecule has 0 radical (unpaired) electrons. The number of alkyl halides is 3. The van der Waals surface area contributed by atoms with Crippen LogP contribution in [0.1, 0.15) is 52.5 Å². The highest BCUT2D eigenvalue weighted by Crippen LogP contribution is 2.39. The van der Waals surface area contributed by atoms with Gasteiger partial charge in [0.05, 0.1) is 29.6 Å². The van der Waals surface area contributed by atoms with Gasteiger partial charge in [0.2, 0.25) is 0 Å². The normalized spacial score (nSPS) is 11.8. The molecule has 1 heterocycles. The summed E-state index contributed by atoms with van der Waals surface area (Å²) in [6.45, 7) is 3.76. The second-order valence-corrected chi connectivity index (χ2v) is 9.13. The van der Waals surface area contributed by atoms with Crippen LogP contribution in [0.3, 0.4) is 0 Å². The van der Waals surface area contributed by atoms with Crippen molar-refractivity contribution in [2.24, 2.45) is 0 Å². The predicted octanol–water partition coefficient (Wildman–Crippen LogP) is 8.79. The molecule has 0 saturated carbocycles. The minimum Gasteiger partial charge on any atom is -0.465 e. The second kappa shape index (κ2) is 11.2. The number of carbonyl (C=O) groups is 1. The molecule has 0 aliphatic heterocycles. The summed E-state index contributed by atoms with van der Waals surface area (Å²) < 4.78 is 72.6. The molecule has 0 aliphatic carbocycles. The Balaban J connectivity index is 2.07. The largest absolute Gasteiger partial charge is 0.465 e. The topological polar surface area (TPSA) is 39.2 Å². The van der Waals surface area contributed by atoms with Gasteiger partial charge in [0, 0.05) is 16.7 Å². The highest BCUT2D eigenvalue weighted by Gasteiger charge is 2.30. The number of rotatable bonds is 6. The Labute approximate surface area is 222 Å². The van der Waals surface area contributed by atoms with E-state index < -0.39 is 29.3 Å². The first-order chi connectivity index (χ1) is 18.5. The maximum absolute atomic E-state index is 13.9. The van der Waals surface area contributed by atoms with Gasteiger partial charge >= 0.3 is 12.1 Å². The van der Waals surface area contributed by atoms with Gasteiger partial charge in [0.1, 0.15) is 11.6 Å². The first-order valence-electron chi connectivity index (χ1n) is 12.0. The lowest BCUT2D eigenvalue weighted by atomic mass is 9.87. The number of carbonyl (C=O) groups excluding carboxylic acids is 1. The predicted molar refractivity (Wildman–Crippen MR) is 141 cm³/mol. The third-order valence-corrected chi connectivity index (χ3v) is 6.11. The number of halogens is 5. The lowest BCUT2D eigenvalue weighted by molar-refractivity contribution is -0.137. The molecule has 0 unspecified atom stereocenters. The molecule has 0 fully saturated rings. The molecule has 0 aliphatic rings. The van der Waals surface area contributed by atoms with Gasteiger partial charge in [-0.15, -0.1) is 0 Å². The zero-order valence-corrected chi connectivity index (χ0v) is 21.3. The first kappa shape index (κ1) is 27.7.